The molecule has 0 unspecified atom stereocenters. The number of hydrogen-bond donors (Lipinski definition) is 1. The molecule has 0 bridgehead atoms. The van der Waals surface area contributed by atoms with Crippen LogP contribution in [0.4, 0.5) is 0 Å². The Hall–Kier alpha value is -2.08. The lowest BCUT2D eigenvalue weighted by atomic mass is 9.96. The maximum absolute atomic E-state index is 12.5. The second-order valence-corrected chi connectivity index (χ2v) is 7.06. The van der Waals surface area contributed by atoms with Gasteiger partial charge in [-0.15, -0.1) is 0 Å². The summed E-state index contributed by atoms with van der Waals surface area (Å²) in [6.45, 7) is 3.32. The van der Waals surface area contributed by atoms with Gasteiger partial charge in [0.25, 0.3) is 5.91 Å². The largest absolute Gasteiger partial charge is 0.467 e. The molecule has 0 heterocycles. The first kappa shape index (κ1) is 20.2. The van der Waals surface area contributed by atoms with Gasteiger partial charge in [-0.1, -0.05) is 44.0 Å². The Morgan fingerprint density at radius 3 is 2.35 bits per heavy atom. The highest BCUT2D eigenvalue weighted by molar-refractivity contribution is 6.30. The number of esters is 2. The van der Waals surface area contributed by atoms with Crippen LogP contribution in [-0.2, 0) is 29.3 Å². The van der Waals surface area contributed by atoms with Crippen molar-refractivity contribution in [3.05, 3.63) is 34.9 Å². The minimum absolute atomic E-state index is 0.0917. The molecular weight excluding hydrogens is 358 g/mol. The third-order valence-electron chi connectivity index (χ3n) is 4.86. The second-order valence-electron chi connectivity index (χ2n) is 6.62. The quantitative estimate of drug-likeness (QED) is 0.700. The van der Waals surface area contributed by atoms with Crippen molar-refractivity contribution in [3.63, 3.8) is 0 Å². The molecule has 26 heavy (non-hydrogen) atoms. The van der Waals surface area contributed by atoms with Gasteiger partial charge in [-0.2, -0.15) is 0 Å². The Labute approximate surface area is 158 Å². The number of benzene rings is 1. The number of amides is 1. The SMILES string of the molecule is CC[C@@H](C)[C@H](NC(=O)COC(=O)C1(c2ccc(Cl)cc2)CC1)C(=O)OC. The van der Waals surface area contributed by atoms with Crippen molar-refractivity contribution in [1.82, 2.24) is 5.32 Å². The molecule has 1 saturated carbocycles. The summed E-state index contributed by atoms with van der Waals surface area (Å²) in [4.78, 5) is 36.4. The van der Waals surface area contributed by atoms with Crippen molar-refractivity contribution in [2.45, 2.75) is 44.6 Å². The zero-order chi connectivity index (χ0) is 19.3. The Morgan fingerprint density at radius 2 is 1.85 bits per heavy atom. The zero-order valence-corrected chi connectivity index (χ0v) is 16.0. The third-order valence-corrected chi connectivity index (χ3v) is 5.11. The molecule has 1 aliphatic carbocycles. The van der Waals surface area contributed by atoms with Gasteiger partial charge in [-0.25, -0.2) is 4.79 Å². The minimum atomic E-state index is -0.762. The van der Waals surface area contributed by atoms with Crippen LogP contribution in [0.15, 0.2) is 24.3 Å². The van der Waals surface area contributed by atoms with Crippen LogP contribution in [-0.4, -0.2) is 37.6 Å². The first-order valence-electron chi connectivity index (χ1n) is 8.64. The lowest BCUT2D eigenvalue weighted by Gasteiger charge is -2.22. The van der Waals surface area contributed by atoms with E-state index in [1.165, 1.54) is 7.11 Å². The summed E-state index contributed by atoms with van der Waals surface area (Å²) in [7, 11) is 1.27. The highest BCUT2D eigenvalue weighted by atomic mass is 35.5. The van der Waals surface area contributed by atoms with E-state index in [-0.39, 0.29) is 5.92 Å². The molecule has 6 nitrogen and oxygen atoms in total. The first-order valence-corrected chi connectivity index (χ1v) is 9.02. The summed E-state index contributed by atoms with van der Waals surface area (Å²) < 4.78 is 9.93. The van der Waals surface area contributed by atoms with Gasteiger partial charge in [0, 0.05) is 5.02 Å². The smallest absolute Gasteiger partial charge is 0.328 e. The van der Waals surface area contributed by atoms with Crippen molar-refractivity contribution < 1.29 is 23.9 Å². The fourth-order valence-corrected chi connectivity index (χ4v) is 2.91. The summed E-state index contributed by atoms with van der Waals surface area (Å²) >= 11 is 5.88. The molecule has 0 aliphatic heterocycles. The second kappa shape index (κ2) is 8.54. The molecule has 0 aromatic heterocycles. The predicted octanol–water partition coefficient (Wildman–Crippen LogP) is 2.62. The van der Waals surface area contributed by atoms with Crippen molar-refractivity contribution in [3.8, 4) is 0 Å². The monoisotopic (exact) mass is 381 g/mol. The molecule has 0 spiro atoms. The van der Waals surface area contributed by atoms with Crippen LogP contribution in [0.1, 0.15) is 38.7 Å². The molecule has 2 atom stereocenters. The lowest BCUT2D eigenvalue weighted by Crippen LogP contribution is -2.47. The van der Waals surface area contributed by atoms with Gasteiger partial charge < -0.3 is 14.8 Å². The molecule has 1 N–H and O–H groups in total. The predicted molar refractivity (Wildman–Crippen MR) is 96.7 cm³/mol. The number of carbonyl (C=O) groups is 3. The van der Waals surface area contributed by atoms with Gasteiger partial charge in [-0.05, 0) is 36.5 Å². The van der Waals surface area contributed by atoms with Gasteiger partial charge in [0.1, 0.15) is 6.04 Å². The van der Waals surface area contributed by atoms with Crippen molar-refractivity contribution in [2.75, 3.05) is 13.7 Å². The van der Waals surface area contributed by atoms with E-state index >= 15 is 0 Å². The van der Waals surface area contributed by atoms with E-state index in [9.17, 15) is 14.4 Å². The Balaban J connectivity index is 1.93. The van der Waals surface area contributed by atoms with E-state index in [4.69, 9.17) is 21.1 Å². The zero-order valence-electron chi connectivity index (χ0n) is 15.2. The molecule has 1 aromatic rings. The van der Waals surface area contributed by atoms with Gasteiger partial charge in [0.05, 0.1) is 12.5 Å². The van der Waals surface area contributed by atoms with E-state index in [1.54, 1.807) is 24.3 Å². The number of methoxy groups -OCH3 is 1. The van der Waals surface area contributed by atoms with Gasteiger partial charge >= 0.3 is 11.9 Å². The Bertz CT molecular complexity index is 669. The number of nitrogens with one attached hydrogen (secondary N) is 1. The topological polar surface area (TPSA) is 81.7 Å². The molecule has 0 radical (unpaired) electrons. The Morgan fingerprint density at radius 1 is 1.23 bits per heavy atom. The van der Waals surface area contributed by atoms with Crippen molar-refractivity contribution in [1.29, 1.82) is 0 Å². The highest BCUT2D eigenvalue weighted by Gasteiger charge is 2.52. The van der Waals surface area contributed by atoms with Crippen LogP contribution in [0, 0.1) is 5.92 Å². The lowest BCUT2D eigenvalue weighted by molar-refractivity contribution is -0.152. The normalized spacial score (nSPS) is 16.9. The molecule has 2 rings (SSSR count). The number of ether oxygens (including phenoxy) is 2. The maximum atomic E-state index is 12.5. The van der Waals surface area contributed by atoms with E-state index in [2.05, 4.69) is 5.32 Å². The Kier molecular flexibility index (Phi) is 6.64. The highest BCUT2D eigenvalue weighted by Crippen LogP contribution is 2.49. The summed E-state index contributed by atoms with van der Waals surface area (Å²) in [5.41, 5.74) is 0.142. The minimum Gasteiger partial charge on any atom is -0.467 e. The molecule has 0 saturated heterocycles. The average Bonchev–Trinajstić information content (AvgIpc) is 3.45. The van der Waals surface area contributed by atoms with Gasteiger partial charge in [0.2, 0.25) is 0 Å². The molecule has 7 heteroatoms. The van der Waals surface area contributed by atoms with Crippen LogP contribution < -0.4 is 5.32 Å². The molecular formula is C19H24ClNO5. The molecule has 142 valence electrons. The van der Waals surface area contributed by atoms with E-state index in [0.29, 0.717) is 24.3 Å². The first-order chi connectivity index (χ1) is 12.3. The van der Waals surface area contributed by atoms with E-state index < -0.39 is 35.9 Å². The van der Waals surface area contributed by atoms with Crippen LogP contribution in [0.25, 0.3) is 0 Å². The standard InChI is InChI=1S/C19H24ClNO5/c1-4-12(2)16(17(23)25-3)21-15(22)11-26-18(24)19(9-10-19)13-5-7-14(20)8-6-13/h5-8,12,16H,4,9-11H2,1-3H3,(H,21,22)/t12-,16+/m1/s1. The van der Waals surface area contributed by atoms with Crippen molar-refractivity contribution >= 4 is 29.4 Å². The fourth-order valence-electron chi connectivity index (χ4n) is 2.79. The number of carbonyl (C=O) groups excluding carboxylic acids is 3. The molecule has 1 fully saturated rings. The van der Waals surface area contributed by atoms with E-state index in [0.717, 1.165) is 5.56 Å². The van der Waals surface area contributed by atoms with Gasteiger partial charge in [-0.3, -0.25) is 9.59 Å². The van der Waals surface area contributed by atoms with Crippen molar-refractivity contribution in [2.24, 2.45) is 5.92 Å². The number of rotatable bonds is 8. The summed E-state index contributed by atoms with van der Waals surface area (Å²) in [5, 5.41) is 3.18. The fraction of sp³-hybridized carbons (Fsp3) is 0.526. The average molecular weight is 382 g/mol. The summed E-state index contributed by atoms with van der Waals surface area (Å²) in [6, 6.07) is 6.29. The van der Waals surface area contributed by atoms with Crippen LogP contribution in [0.3, 0.4) is 0 Å². The van der Waals surface area contributed by atoms with E-state index in [1.807, 2.05) is 13.8 Å². The van der Waals surface area contributed by atoms with Crippen LogP contribution in [0.2, 0.25) is 5.02 Å². The summed E-state index contributed by atoms with van der Waals surface area (Å²) in [6.07, 6.45) is 2.04. The van der Waals surface area contributed by atoms with Crippen LogP contribution >= 0.6 is 11.6 Å². The van der Waals surface area contributed by atoms with Crippen LogP contribution in [0.5, 0.6) is 0 Å². The molecule has 1 aliphatic rings. The van der Waals surface area contributed by atoms with Gasteiger partial charge in [0.15, 0.2) is 6.61 Å². The maximum Gasteiger partial charge on any atom is 0.328 e. The molecule has 1 amide bonds. The third kappa shape index (κ3) is 4.55. The number of halogens is 1. The molecule has 1 aromatic carbocycles. The summed E-state index contributed by atoms with van der Waals surface area (Å²) in [5.74, 6) is -1.57. The number of hydrogen-bond acceptors (Lipinski definition) is 5.